The van der Waals surface area contributed by atoms with E-state index in [2.05, 4.69) is 41.5 Å². The van der Waals surface area contributed by atoms with Gasteiger partial charge in [-0.05, 0) is 68.7 Å². The van der Waals surface area contributed by atoms with Gasteiger partial charge in [-0.3, -0.25) is 14.4 Å². The molecule has 2 aliphatic rings. The number of hydrogen-bond donors (Lipinski definition) is 2. The number of hydrogen-bond acceptors (Lipinski definition) is 6. The summed E-state index contributed by atoms with van der Waals surface area (Å²) in [5, 5.41) is 9.96. The van der Waals surface area contributed by atoms with Gasteiger partial charge in [0.2, 0.25) is 11.8 Å². The number of amidine groups is 1. The lowest BCUT2D eigenvalue weighted by Crippen LogP contribution is -2.42. The Bertz CT molecular complexity index is 1210. The number of Topliss-reactive ketones (excluding diaryl/α,β-unsaturated/α-hetero) is 1. The maximum atomic E-state index is 12.9. The van der Waals surface area contributed by atoms with Crippen LogP contribution in [0.1, 0.15) is 69.8 Å². The summed E-state index contributed by atoms with van der Waals surface area (Å²) in [5.41, 5.74) is 2.79. The fourth-order valence-corrected chi connectivity index (χ4v) is 4.66. The van der Waals surface area contributed by atoms with Gasteiger partial charge in [0.25, 0.3) is 0 Å². The number of nitrogens with zero attached hydrogens (tertiary/aromatic N) is 2. The van der Waals surface area contributed by atoms with Gasteiger partial charge >= 0.3 is 0 Å². The maximum absolute atomic E-state index is 12.9. The highest BCUT2D eigenvalue weighted by molar-refractivity contribution is 5.99. The zero-order valence-corrected chi connectivity index (χ0v) is 23.0. The molecule has 0 bridgehead atoms. The molecule has 1 atom stereocenters. The second-order valence-corrected chi connectivity index (χ2v) is 11.6. The van der Waals surface area contributed by atoms with Crippen LogP contribution in [0.2, 0.25) is 0 Å². The minimum Gasteiger partial charge on any atom is -0.387 e. The molecule has 0 aliphatic carbocycles. The van der Waals surface area contributed by atoms with E-state index in [1.165, 1.54) is 0 Å². The Morgan fingerprint density at radius 1 is 1.00 bits per heavy atom. The molecule has 38 heavy (non-hydrogen) atoms. The molecule has 2 amide bonds. The van der Waals surface area contributed by atoms with Gasteiger partial charge in [-0.15, -0.1) is 0 Å². The first-order chi connectivity index (χ1) is 17.9. The van der Waals surface area contributed by atoms with E-state index in [9.17, 15) is 14.4 Å². The van der Waals surface area contributed by atoms with Gasteiger partial charge in [0, 0.05) is 41.4 Å². The number of oxime groups is 1. The fourth-order valence-electron chi connectivity index (χ4n) is 4.66. The Kier molecular flexibility index (Phi) is 7.90. The summed E-state index contributed by atoms with van der Waals surface area (Å²) in [6.07, 6.45) is 2.30. The number of ketones is 1. The van der Waals surface area contributed by atoms with Crippen LogP contribution in [-0.2, 0) is 20.8 Å². The topological polar surface area (TPSA) is 100 Å². The van der Waals surface area contributed by atoms with E-state index in [4.69, 9.17) is 4.84 Å². The average Bonchev–Trinajstić information content (AvgIpc) is 3.27. The lowest BCUT2D eigenvalue weighted by atomic mass is 9.76. The predicted octanol–water partition coefficient (Wildman–Crippen LogP) is 4.94. The highest BCUT2D eigenvalue weighted by Crippen LogP contribution is 2.39. The molecule has 0 aromatic heterocycles. The van der Waals surface area contributed by atoms with Gasteiger partial charge in [0.15, 0.2) is 11.6 Å². The third-order valence-electron chi connectivity index (χ3n) is 7.82. The fraction of sp³-hybridized carbons (Fsp3) is 0.467. The standard InChI is InChI=1S/C30H38N4O4/c1-20(35)22-8-12-25(13-9-22)34-16-14-23(15-17-34)28(37)31-24-10-6-21(7-11-24)18-27(36)32-26-19-30(5,38-33-26)29(2,3)4/h6-13,23H,14-19H2,1-5H3,(H,31,37)(H,32,33,36). The predicted molar refractivity (Wildman–Crippen MR) is 149 cm³/mol. The summed E-state index contributed by atoms with van der Waals surface area (Å²) in [4.78, 5) is 44.8. The Balaban J connectivity index is 1.22. The monoisotopic (exact) mass is 518 g/mol. The van der Waals surface area contributed by atoms with Crippen LogP contribution >= 0.6 is 0 Å². The van der Waals surface area contributed by atoms with E-state index in [0.29, 0.717) is 17.8 Å². The van der Waals surface area contributed by atoms with Crippen LogP contribution in [0.25, 0.3) is 0 Å². The van der Waals surface area contributed by atoms with E-state index in [-0.39, 0.29) is 35.4 Å². The number of anilines is 2. The molecule has 2 heterocycles. The van der Waals surface area contributed by atoms with Gasteiger partial charge in [-0.1, -0.05) is 38.1 Å². The molecule has 202 valence electrons. The first kappa shape index (κ1) is 27.4. The zero-order chi connectivity index (χ0) is 27.5. The molecular formula is C30H38N4O4. The third kappa shape index (κ3) is 6.41. The largest absolute Gasteiger partial charge is 0.387 e. The summed E-state index contributed by atoms with van der Waals surface area (Å²) in [6, 6.07) is 15.0. The Morgan fingerprint density at radius 3 is 2.18 bits per heavy atom. The molecule has 8 nitrogen and oxygen atoms in total. The van der Waals surface area contributed by atoms with Crippen molar-refractivity contribution in [3.8, 4) is 0 Å². The van der Waals surface area contributed by atoms with Gasteiger partial charge in [0.1, 0.15) is 5.60 Å². The lowest BCUT2D eigenvalue weighted by molar-refractivity contribution is -0.120. The second-order valence-electron chi connectivity index (χ2n) is 11.6. The molecule has 1 saturated heterocycles. The molecule has 0 spiro atoms. The van der Waals surface area contributed by atoms with Crippen molar-refractivity contribution >= 4 is 34.8 Å². The van der Waals surface area contributed by atoms with E-state index in [0.717, 1.165) is 42.9 Å². The molecule has 2 N–H and O–H groups in total. The molecule has 4 rings (SSSR count). The van der Waals surface area contributed by atoms with Crippen LogP contribution in [0.5, 0.6) is 0 Å². The normalized spacial score (nSPS) is 19.9. The molecule has 2 aromatic rings. The number of benzene rings is 2. The number of amides is 2. The summed E-state index contributed by atoms with van der Waals surface area (Å²) in [6.45, 7) is 11.4. The first-order valence-corrected chi connectivity index (χ1v) is 13.2. The van der Waals surface area contributed by atoms with E-state index in [1.54, 1.807) is 6.92 Å². The van der Waals surface area contributed by atoms with E-state index in [1.807, 2.05) is 55.5 Å². The highest BCUT2D eigenvalue weighted by atomic mass is 16.7. The lowest BCUT2D eigenvalue weighted by Gasteiger charge is -2.35. The quantitative estimate of drug-likeness (QED) is 0.528. The molecule has 2 aliphatic heterocycles. The number of piperidine rings is 1. The van der Waals surface area contributed by atoms with Gasteiger partial charge < -0.3 is 20.4 Å². The van der Waals surface area contributed by atoms with Crippen LogP contribution in [0.15, 0.2) is 53.7 Å². The van der Waals surface area contributed by atoms with Crippen molar-refractivity contribution in [1.29, 1.82) is 0 Å². The van der Waals surface area contributed by atoms with Crippen molar-refractivity contribution < 1.29 is 19.2 Å². The van der Waals surface area contributed by atoms with Crippen LogP contribution in [-0.4, -0.2) is 42.1 Å². The van der Waals surface area contributed by atoms with Crippen molar-refractivity contribution in [2.45, 2.75) is 65.9 Å². The van der Waals surface area contributed by atoms with E-state index < -0.39 is 5.60 Å². The highest BCUT2D eigenvalue weighted by Gasteiger charge is 2.45. The molecule has 8 heteroatoms. The van der Waals surface area contributed by atoms with Gasteiger partial charge in [-0.2, -0.15) is 0 Å². The number of carbonyl (C=O) groups excluding carboxylic acids is 3. The number of nitrogens with one attached hydrogen (secondary N) is 2. The maximum Gasteiger partial charge on any atom is 0.229 e. The van der Waals surface area contributed by atoms with Crippen molar-refractivity contribution in [1.82, 2.24) is 5.32 Å². The van der Waals surface area contributed by atoms with Crippen LogP contribution < -0.4 is 15.5 Å². The molecule has 0 saturated carbocycles. The Labute approximate surface area is 224 Å². The van der Waals surface area contributed by atoms with Crippen LogP contribution in [0.4, 0.5) is 11.4 Å². The molecule has 0 radical (unpaired) electrons. The second kappa shape index (κ2) is 11.0. The van der Waals surface area contributed by atoms with Crippen molar-refractivity contribution in [3.05, 3.63) is 59.7 Å². The number of carbonyl (C=O) groups is 3. The molecule has 1 fully saturated rings. The zero-order valence-electron chi connectivity index (χ0n) is 23.0. The molecular weight excluding hydrogens is 480 g/mol. The minimum absolute atomic E-state index is 0.0169. The van der Waals surface area contributed by atoms with E-state index >= 15 is 0 Å². The van der Waals surface area contributed by atoms with Crippen molar-refractivity contribution in [2.75, 3.05) is 23.3 Å². The Morgan fingerprint density at radius 2 is 1.63 bits per heavy atom. The van der Waals surface area contributed by atoms with Crippen LogP contribution in [0.3, 0.4) is 0 Å². The van der Waals surface area contributed by atoms with Crippen molar-refractivity contribution in [2.24, 2.45) is 16.5 Å². The summed E-state index contributed by atoms with van der Waals surface area (Å²) in [5.74, 6) is 0.422. The first-order valence-electron chi connectivity index (χ1n) is 13.2. The minimum atomic E-state index is -0.450. The van der Waals surface area contributed by atoms with Gasteiger partial charge in [0.05, 0.1) is 12.8 Å². The smallest absolute Gasteiger partial charge is 0.229 e. The SMILES string of the molecule is CC(=O)c1ccc(N2CCC(C(=O)Nc3ccc(CC(=O)NC4=NOC(C)(C(C)(C)C)C4)cc3)CC2)cc1. The van der Waals surface area contributed by atoms with Crippen molar-refractivity contribution in [3.63, 3.8) is 0 Å². The number of rotatable bonds is 6. The summed E-state index contributed by atoms with van der Waals surface area (Å²) in [7, 11) is 0. The third-order valence-corrected chi connectivity index (χ3v) is 7.82. The van der Waals surface area contributed by atoms with Crippen LogP contribution in [0, 0.1) is 11.3 Å². The summed E-state index contributed by atoms with van der Waals surface area (Å²) < 4.78 is 0. The van der Waals surface area contributed by atoms with Gasteiger partial charge in [-0.25, -0.2) is 0 Å². The average molecular weight is 519 g/mol. The molecule has 1 unspecified atom stereocenters. The Hall–Kier alpha value is -3.68. The molecule has 2 aromatic carbocycles. The summed E-state index contributed by atoms with van der Waals surface area (Å²) >= 11 is 0.